The smallest absolute Gasteiger partial charge is 0.171 e. The summed E-state index contributed by atoms with van der Waals surface area (Å²) in [5, 5.41) is 7.95. The molecule has 2 rings (SSSR count). The number of rotatable bonds is 4. The number of hydrogen-bond donors (Lipinski definition) is 2. The van der Waals surface area contributed by atoms with Crippen molar-refractivity contribution in [2.75, 3.05) is 5.32 Å². The zero-order chi connectivity index (χ0) is 16.1. The fourth-order valence-corrected chi connectivity index (χ4v) is 2.58. The Morgan fingerprint density at radius 2 is 1.82 bits per heavy atom. The third kappa shape index (κ3) is 4.46. The van der Waals surface area contributed by atoms with Crippen LogP contribution in [0.15, 0.2) is 42.5 Å². The zero-order valence-electron chi connectivity index (χ0n) is 13.1. The minimum atomic E-state index is 0.446. The molecule has 2 nitrogen and oxygen atoms in total. The molecule has 0 unspecified atom stereocenters. The molecule has 22 heavy (non-hydrogen) atoms. The van der Waals surface area contributed by atoms with Crippen molar-refractivity contribution >= 4 is 34.6 Å². The highest BCUT2D eigenvalue weighted by Crippen LogP contribution is 2.27. The molecule has 0 bridgehead atoms. The molecule has 0 fully saturated rings. The number of benzene rings is 2. The Morgan fingerprint density at radius 1 is 1.14 bits per heavy atom. The van der Waals surface area contributed by atoms with Crippen molar-refractivity contribution in [3.05, 3.63) is 64.2 Å². The highest BCUT2D eigenvalue weighted by atomic mass is 35.5. The molecule has 0 aliphatic heterocycles. The normalized spacial score (nSPS) is 10.6. The summed E-state index contributed by atoms with van der Waals surface area (Å²) in [4.78, 5) is 0. The Balaban J connectivity index is 2.02. The molecule has 0 amide bonds. The van der Waals surface area contributed by atoms with Crippen molar-refractivity contribution in [1.29, 1.82) is 0 Å². The van der Waals surface area contributed by atoms with E-state index in [-0.39, 0.29) is 0 Å². The summed E-state index contributed by atoms with van der Waals surface area (Å²) in [6.07, 6.45) is 0. The minimum Gasteiger partial charge on any atom is -0.358 e. The molecule has 0 saturated carbocycles. The predicted molar refractivity (Wildman–Crippen MR) is 99.8 cm³/mol. The van der Waals surface area contributed by atoms with Crippen LogP contribution in [0.25, 0.3) is 0 Å². The minimum absolute atomic E-state index is 0.446. The standard InChI is InChI=1S/C18H21ClN2S/c1-12(2)16-6-4-5-13(3)17(16)21-18(22)20-11-14-7-9-15(19)10-8-14/h4-10,12H,11H2,1-3H3,(H2,20,21,22). The second kappa shape index (κ2) is 7.61. The summed E-state index contributed by atoms with van der Waals surface area (Å²) in [5.41, 5.74) is 4.71. The Kier molecular flexibility index (Phi) is 5.81. The van der Waals surface area contributed by atoms with Crippen LogP contribution in [-0.4, -0.2) is 5.11 Å². The first-order valence-electron chi connectivity index (χ1n) is 7.36. The third-order valence-corrected chi connectivity index (χ3v) is 4.03. The van der Waals surface area contributed by atoms with Crippen LogP contribution in [0.3, 0.4) is 0 Å². The van der Waals surface area contributed by atoms with Gasteiger partial charge >= 0.3 is 0 Å². The SMILES string of the molecule is Cc1cccc(C(C)C)c1NC(=S)NCc1ccc(Cl)cc1. The molecule has 0 spiro atoms. The van der Waals surface area contributed by atoms with E-state index in [1.54, 1.807) is 0 Å². The van der Waals surface area contributed by atoms with Crippen LogP contribution in [0, 0.1) is 6.92 Å². The molecular weight excluding hydrogens is 312 g/mol. The first-order valence-corrected chi connectivity index (χ1v) is 8.15. The summed E-state index contributed by atoms with van der Waals surface area (Å²) in [5.74, 6) is 0.446. The Hall–Kier alpha value is -1.58. The molecule has 116 valence electrons. The number of nitrogens with one attached hydrogen (secondary N) is 2. The molecule has 0 aliphatic carbocycles. The topological polar surface area (TPSA) is 24.1 Å². The maximum Gasteiger partial charge on any atom is 0.171 e. The van der Waals surface area contributed by atoms with Crippen molar-refractivity contribution in [2.24, 2.45) is 0 Å². The molecule has 2 aromatic rings. The molecule has 2 aromatic carbocycles. The van der Waals surface area contributed by atoms with E-state index in [1.807, 2.05) is 24.3 Å². The average Bonchev–Trinajstić information content (AvgIpc) is 2.48. The third-order valence-electron chi connectivity index (χ3n) is 3.53. The number of halogens is 1. The molecule has 0 aromatic heterocycles. The second-order valence-corrected chi connectivity index (χ2v) is 6.47. The van der Waals surface area contributed by atoms with E-state index in [4.69, 9.17) is 23.8 Å². The maximum absolute atomic E-state index is 5.89. The van der Waals surface area contributed by atoms with E-state index in [9.17, 15) is 0 Å². The number of thiocarbonyl (C=S) groups is 1. The Morgan fingerprint density at radius 3 is 2.45 bits per heavy atom. The van der Waals surface area contributed by atoms with Crippen molar-refractivity contribution in [3.63, 3.8) is 0 Å². The van der Waals surface area contributed by atoms with Crippen molar-refractivity contribution in [3.8, 4) is 0 Å². The highest BCUT2D eigenvalue weighted by molar-refractivity contribution is 7.80. The number of para-hydroxylation sites is 1. The van der Waals surface area contributed by atoms with Crippen molar-refractivity contribution < 1.29 is 0 Å². The van der Waals surface area contributed by atoms with Gasteiger partial charge in [-0.2, -0.15) is 0 Å². The van der Waals surface area contributed by atoms with Gasteiger partial charge in [0.05, 0.1) is 0 Å². The van der Waals surface area contributed by atoms with E-state index >= 15 is 0 Å². The van der Waals surface area contributed by atoms with Gasteiger partial charge in [-0.05, 0) is 53.9 Å². The number of aryl methyl sites for hydroxylation is 1. The molecule has 0 radical (unpaired) electrons. The van der Waals surface area contributed by atoms with Gasteiger partial charge in [-0.25, -0.2) is 0 Å². The van der Waals surface area contributed by atoms with E-state index in [0.29, 0.717) is 17.6 Å². The quantitative estimate of drug-likeness (QED) is 0.747. The van der Waals surface area contributed by atoms with Gasteiger partial charge in [-0.15, -0.1) is 0 Å². The highest BCUT2D eigenvalue weighted by Gasteiger charge is 2.10. The van der Waals surface area contributed by atoms with Crippen molar-refractivity contribution in [1.82, 2.24) is 5.32 Å². The lowest BCUT2D eigenvalue weighted by Gasteiger charge is -2.18. The van der Waals surface area contributed by atoms with Crippen molar-refractivity contribution in [2.45, 2.75) is 33.2 Å². The first kappa shape index (κ1) is 16.8. The zero-order valence-corrected chi connectivity index (χ0v) is 14.7. The van der Waals surface area contributed by atoms with E-state index in [0.717, 1.165) is 16.3 Å². The van der Waals surface area contributed by atoms with Crippen LogP contribution < -0.4 is 10.6 Å². The number of hydrogen-bond acceptors (Lipinski definition) is 1. The molecule has 4 heteroatoms. The fraction of sp³-hybridized carbons (Fsp3) is 0.278. The van der Waals surface area contributed by atoms with Crippen LogP contribution in [-0.2, 0) is 6.54 Å². The molecule has 0 aliphatic rings. The van der Waals surface area contributed by atoms with Crippen LogP contribution in [0.2, 0.25) is 5.02 Å². The molecule has 0 atom stereocenters. The van der Waals surface area contributed by atoms with E-state index < -0.39 is 0 Å². The lowest BCUT2D eigenvalue weighted by Crippen LogP contribution is -2.28. The molecule has 2 N–H and O–H groups in total. The van der Waals surface area contributed by atoms with Gasteiger partial charge in [0.15, 0.2) is 5.11 Å². The second-order valence-electron chi connectivity index (χ2n) is 5.63. The Bertz CT molecular complexity index is 651. The lowest BCUT2D eigenvalue weighted by atomic mass is 9.98. The van der Waals surface area contributed by atoms with Gasteiger partial charge in [-0.1, -0.05) is 55.8 Å². The maximum atomic E-state index is 5.89. The van der Waals surface area contributed by atoms with Gasteiger partial charge < -0.3 is 10.6 Å². The summed E-state index contributed by atoms with van der Waals surface area (Å²) in [7, 11) is 0. The van der Waals surface area contributed by atoms with Crippen LogP contribution >= 0.6 is 23.8 Å². The lowest BCUT2D eigenvalue weighted by molar-refractivity contribution is 0.866. The summed E-state index contributed by atoms with van der Waals surface area (Å²) in [6.45, 7) is 7.14. The van der Waals surface area contributed by atoms with E-state index in [2.05, 4.69) is 49.6 Å². The molecule has 0 heterocycles. The van der Waals surface area contributed by atoms with Gasteiger partial charge in [0.25, 0.3) is 0 Å². The van der Waals surface area contributed by atoms with Gasteiger partial charge in [0, 0.05) is 17.3 Å². The van der Waals surface area contributed by atoms with Crippen LogP contribution in [0.4, 0.5) is 5.69 Å². The fourth-order valence-electron chi connectivity index (χ4n) is 2.28. The van der Waals surface area contributed by atoms with Gasteiger partial charge in [-0.3, -0.25) is 0 Å². The predicted octanol–water partition coefficient (Wildman–Crippen LogP) is 5.26. The van der Waals surface area contributed by atoms with Crippen LogP contribution in [0.5, 0.6) is 0 Å². The summed E-state index contributed by atoms with van der Waals surface area (Å²) >= 11 is 11.3. The van der Waals surface area contributed by atoms with Crippen LogP contribution in [0.1, 0.15) is 36.5 Å². The first-order chi connectivity index (χ1) is 10.5. The summed E-state index contributed by atoms with van der Waals surface area (Å²) < 4.78 is 0. The number of anilines is 1. The van der Waals surface area contributed by atoms with Gasteiger partial charge in [0.2, 0.25) is 0 Å². The average molecular weight is 333 g/mol. The van der Waals surface area contributed by atoms with Gasteiger partial charge in [0.1, 0.15) is 0 Å². The van der Waals surface area contributed by atoms with E-state index in [1.165, 1.54) is 11.1 Å². The Labute approximate surface area is 142 Å². The monoisotopic (exact) mass is 332 g/mol. The summed E-state index contributed by atoms with van der Waals surface area (Å²) in [6, 6.07) is 14.1. The molecule has 0 saturated heterocycles. The largest absolute Gasteiger partial charge is 0.358 e. The molecular formula is C18H21ClN2S.